The molecule has 1 saturated carbocycles. The first-order valence-electron chi connectivity index (χ1n) is 4.63. The SMILES string of the molecule is CC(c1ccc(N)cc1)C1CC1. The van der Waals surface area contributed by atoms with Crippen LogP contribution in [0.4, 0.5) is 5.69 Å². The minimum Gasteiger partial charge on any atom is -0.399 e. The summed E-state index contributed by atoms with van der Waals surface area (Å²) < 4.78 is 0. The van der Waals surface area contributed by atoms with Crippen molar-refractivity contribution in [3.8, 4) is 0 Å². The van der Waals surface area contributed by atoms with Gasteiger partial charge in [-0.2, -0.15) is 0 Å². The van der Waals surface area contributed by atoms with E-state index < -0.39 is 0 Å². The Labute approximate surface area is 73.6 Å². The highest BCUT2D eigenvalue weighted by Crippen LogP contribution is 2.42. The number of rotatable bonds is 2. The molecule has 2 N–H and O–H groups in total. The molecule has 1 atom stereocenters. The molecular weight excluding hydrogens is 146 g/mol. The average molecular weight is 161 g/mol. The zero-order valence-corrected chi connectivity index (χ0v) is 7.46. The Bertz CT molecular complexity index is 259. The van der Waals surface area contributed by atoms with Crippen molar-refractivity contribution in [2.75, 3.05) is 5.73 Å². The summed E-state index contributed by atoms with van der Waals surface area (Å²) in [5.74, 6) is 1.67. The van der Waals surface area contributed by atoms with Gasteiger partial charge in [0.1, 0.15) is 0 Å². The fraction of sp³-hybridized carbons (Fsp3) is 0.455. The molecule has 1 aliphatic carbocycles. The first-order valence-corrected chi connectivity index (χ1v) is 4.63. The molecule has 12 heavy (non-hydrogen) atoms. The Morgan fingerprint density at radius 2 is 1.83 bits per heavy atom. The van der Waals surface area contributed by atoms with Gasteiger partial charge >= 0.3 is 0 Å². The molecule has 0 amide bonds. The van der Waals surface area contributed by atoms with E-state index in [2.05, 4.69) is 19.1 Å². The molecule has 0 aliphatic heterocycles. The van der Waals surface area contributed by atoms with Gasteiger partial charge in [0.05, 0.1) is 0 Å². The fourth-order valence-corrected chi connectivity index (χ4v) is 1.67. The van der Waals surface area contributed by atoms with Gasteiger partial charge in [-0.3, -0.25) is 0 Å². The molecule has 1 heteroatoms. The largest absolute Gasteiger partial charge is 0.399 e. The fourth-order valence-electron chi connectivity index (χ4n) is 1.67. The van der Waals surface area contributed by atoms with Crippen molar-refractivity contribution in [1.82, 2.24) is 0 Å². The average Bonchev–Trinajstić information content (AvgIpc) is 2.87. The molecule has 1 fully saturated rings. The maximum absolute atomic E-state index is 5.62. The first-order chi connectivity index (χ1) is 5.77. The maximum atomic E-state index is 5.62. The second-order valence-electron chi connectivity index (χ2n) is 3.79. The van der Waals surface area contributed by atoms with Crippen molar-refractivity contribution in [2.45, 2.75) is 25.7 Å². The van der Waals surface area contributed by atoms with Crippen LogP contribution in [0.1, 0.15) is 31.2 Å². The van der Waals surface area contributed by atoms with Gasteiger partial charge in [-0.25, -0.2) is 0 Å². The van der Waals surface area contributed by atoms with Gasteiger partial charge in [-0.15, -0.1) is 0 Å². The Morgan fingerprint density at radius 3 is 2.33 bits per heavy atom. The molecule has 2 rings (SSSR count). The van der Waals surface area contributed by atoms with Crippen LogP contribution in [0.3, 0.4) is 0 Å². The summed E-state index contributed by atoms with van der Waals surface area (Å²) in [6.07, 6.45) is 2.82. The lowest BCUT2D eigenvalue weighted by molar-refractivity contribution is 0.664. The third-order valence-electron chi connectivity index (χ3n) is 2.79. The van der Waals surface area contributed by atoms with Crippen LogP contribution in [0.25, 0.3) is 0 Å². The molecule has 1 nitrogen and oxygen atoms in total. The third-order valence-corrected chi connectivity index (χ3v) is 2.79. The quantitative estimate of drug-likeness (QED) is 0.663. The zero-order valence-electron chi connectivity index (χ0n) is 7.46. The second-order valence-corrected chi connectivity index (χ2v) is 3.79. The van der Waals surface area contributed by atoms with Crippen molar-refractivity contribution in [1.29, 1.82) is 0 Å². The summed E-state index contributed by atoms with van der Waals surface area (Å²) in [7, 11) is 0. The lowest BCUT2D eigenvalue weighted by atomic mass is 9.96. The van der Waals surface area contributed by atoms with Crippen LogP contribution in [0.2, 0.25) is 0 Å². The summed E-state index contributed by atoms with van der Waals surface area (Å²) >= 11 is 0. The summed E-state index contributed by atoms with van der Waals surface area (Å²) in [5.41, 5.74) is 7.92. The molecule has 1 aromatic rings. The molecule has 64 valence electrons. The van der Waals surface area contributed by atoms with Crippen LogP contribution in [0.5, 0.6) is 0 Å². The molecule has 0 spiro atoms. The van der Waals surface area contributed by atoms with Gasteiger partial charge in [0.2, 0.25) is 0 Å². The molecule has 0 heterocycles. The Morgan fingerprint density at radius 1 is 1.25 bits per heavy atom. The maximum Gasteiger partial charge on any atom is 0.0314 e. The van der Waals surface area contributed by atoms with E-state index in [1.165, 1.54) is 18.4 Å². The lowest BCUT2D eigenvalue weighted by Gasteiger charge is -2.09. The van der Waals surface area contributed by atoms with E-state index in [0.717, 1.165) is 17.5 Å². The van der Waals surface area contributed by atoms with Gasteiger partial charge in [0.15, 0.2) is 0 Å². The van der Waals surface area contributed by atoms with E-state index in [0.29, 0.717) is 0 Å². The molecule has 1 aromatic carbocycles. The van der Waals surface area contributed by atoms with Crippen molar-refractivity contribution in [3.05, 3.63) is 29.8 Å². The Hall–Kier alpha value is -0.980. The van der Waals surface area contributed by atoms with Crippen LogP contribution in [0, 0.1) is 5.92 Å². The second kappa shape index (κ2) is 2.81. The summed E-state index contributed by atoms with van der Waals surface area (Å²) in [4.78, 5) is 0. The van der Waals surface area contributed by atoms with Crippen LogP contribution >= 0.6 is 0 Å². The standard InChI is InChI=1S/C11H15N/c1-8(9-2-3-9)10-4-6-11(12)7-5-10/h4-9H,2-3,12H2,1H3. The number of nitrogen functional groups attached to an aromatic ring is 1. The van der Waals surface area contributed by atoms with Gasteiger partial charge in [0.25, 0.3) is 0 Å². The minimum absolute atomic E-state index is 0.727. The smallest absolute Gasteiger partial charge is 0.0314 e. The van der Waals surface area contributed by atoms with E-state index in [1.807, 2.05) is 12.1 Å². The number of hydrogen-bond donors (Lipinski definition) is 1. The van der Waals surface area contributed by atoms with E-state index >= 15 is 0 Å². The predicted octanol–water partition coefficient (Wildman–Crippen LogP) is 2.78. The summed E-state index contributed by atoms with van der Waals surface area (Å²) in [6, 6.07) is 8.29. The molecule has 1 unspecified atom stereocenters. The number of hydrogen-bond acceptors (Lipinski definition) is 1. The highest BCUT2D eigenvalue weighted by atomic mass is 14.5. The summed E-state index contributed by atoms with van der Waals surface area (Å²) in [5, 5.41) is 0. The molecule has 0 saturated heterocycles. The highest BCUT2D eigenvalue weighted by Gasteiger charge is 2.28. The van der Waals surface area contributed by atoms with Crippen LogP contribution in [-0.2, 0) is 0 Å². The molecular formula is C11H15N. The predicted molar refractivity (Wildman–Crippen MR) is 52.0 cm³/mol. The third kappa shape index (κ3) is 1.45. The van der Waals surface area contributed by atoms with E-state index in [1.54, 1.807) is 0 Å². The van der Waals surface area contributed by atoms with Gasteiger partial charge in [-0.1, -0.05) is 19.1 Å². The van der Waals surface area contributed by atoms with E-state index in [4.69, 9.17) is 5.73 Å². The molecule has 0 radical (unpaired) electrons. The van der Waals surface area contributed by atoms with Crippen LogP contribution in [-0.4, -0.2) is 0 Å². The van der Waals surface area contributed by atoms with Gasteiger partial charge in [0, 0.05) is 5.69 Å². The molecule has 0 bridgehead atoms. The number of anilines is 1. The lowest BCUT2D eigenvalue weighted by Crippen LogP contribution is -1.95. The van der Waals surface area contributed by atoms with Crippen LogP contribution < -0.4 is 5.73 Å². The normalized spacial score (nSPS) is 19.1. The Balaban J connectivity index is 2.16. The van der Waals surface area contributed by atoms with Crippen molar-refractivity contribution >= 4 is 5.69 Å². The topological polar surface area (TPSA) is 26.0 Å². The summed E-state index contributed by atoms with van der Waals surface area (Å²) in [6.45, 7) is 2.31. The Kier molecular flexibility index (Phi) is 1.80. The first kappa shape index (κ1) is 7.66. The monoisotopic (exact) mass is 161 g/mol. The number of nitrogens with two attached hydrogens (primary N) is 1. The van der Waals surface area contributed by atoms with E-state index in [9.17, 15) is 0 Å². The van der Waals surface area contributed by atoms with Gasteiger partial charge < -0.3 is 5.73 Å². The minimum atomic E-state index is 0.727. The number of benzene rings is 1. The molecule has 0 aromatic heterocycles. The highest BCUT2D eigenvalue weighted by molar-refractivity contribution is 5.40. The molecule has 1 aliphatic rings. The zero-order chi connectivity index (χ0) is 8.55. The van der Waals surface area contributed by atoms with Crippen molar-refractivity contribution < 1.29 is 0 Å². The van der Waals surface area contributed by atoms with Crippen LogP contribution in [0.15, 0.2) is 24.3 Å². The van der Waals surface area contributed by atoms with Crippen molar-refractivity contribution in [2.24, 2.45) is 5.92 Å². The van der Waals surface area contributed by atoms with Crippen molar-refractivity contribution in [3.63, 3.8) is 0 Å². The van der Waals surface area contributed by atoms with E-state index in [-0.39, 0.29) is 0 Å². The van der Waals surface area contributed by atoms with Gasteiger partial charge in [-0.05, 0) is 42.4 Å².